The van der Waals surface area contributed by atoms with E-state index in [0.717, 1.165) is 22.5 Å². The smallest absolute Gasteiger partial charge is 0.230 e. The molecule has 25 heavy (non-hydrogen) atoms. The first-order valence-electron chi connectivity index (χ1n) is 8.21. The number of imidazole rings is 1. The van der Waals surface area contributed by atoms with Crippen molar-refractivity contribution in [2.75, 3.05) is 26.0 Å². The number of hydrogen-bond donors (Lipinski definition) is 2. The van der Waals surface area contributed by atoms with Gasteiger partial charge in [0.15, 0.2) is 0 Å². The third-order valence-electron chi connectivity index (χ3n) is 4.07. The Kier molecular flexibility index (Phi) is 5.00. The minimum atomic E-state index is -0.163. The predicted octanol–water partition coefficient (Wildman–Crippen LogP) is 2.83. The summed E-state index contributed by atoms with van der Waals surface area (Å²) < 4.78 is 7.26. The number of ether oxygens (including phenoxy) is 1. The molecule has 0 saturated heterocycles. The maximum atomic E-state index is 12.5. The van der Waals surface area contributed by atoms with Crippen LogP contribution >= 0.6 is 0 Å². The molecule has 0 aliphatic carbocycles. The van der Waals surface area contributed by atoms with Crippen LogP contribution in [0.25, 0.3) is 16.7 Å². The number of aromatic nitrogens is 2. The summed E-state index contributed by atoms with van der Waals surface area (Å²) in [4.78, 5) is 17.1. The molecule has 1 aromatic heterocycles. The van der Waals surface area contributed by atoms with Crippen LogP contribution < -0.4 is 15.4 Å². The van der Waals surface area contributed by atoms with E-state index in [1.54, 1.807) is 7.11 Å². The van der Waals surface area contributed by atoms with E-state index in [-0.39, 0.29) is 11.8 Å². The second-order valence-corrected chi connectivity index (χ2v) is 5.91. The molecule has 1 amide bonds. The molecule has 3 rings (SSSR count). The molecule has 0 bridgehead atoms. The Labute approximate surface area is 146 Å². The van der Waals surface area contributed by atoms with E-state index in [4.69, 9.17) is 4.74 Å². The van der Waals surface area contributed by atoms with Gasteiger partial charge in [-0.2, -0.15) is 0 Å². The molecule has 2 aromatic carbocycles. The number of hydrogen-bond acceptors (Lipinski definition) is 4. The Morgan fingerprint density at radius 2 is 2.04 bits per heavy atom. The van der Waals surface area contributed by atoms with E-state index in [0.29, 0.717) is 12.5 Å². The van der Waals surface area contributed by atoms with Crippen molar-refractivity contribution in [1.29, 1.82) is 0 Å². The monoisotopic (exact) mass is 338 g/mol. The zero-order chi connectivity index (χ0) is 17.8. The topological polar surface area (TPSA) is 68.2 Å². The summed E-state index contributed by atoms with van der Waals surface area (Å²) in [6.07, 6.45) is 0. The summed E-state index contributed by atoms with van der Waals surface area (Å²) in [5.74, 6) is 1.01. The van der Waals surface area contributed by atoms with Crippen LogP contribution in [-0.2, 0) is 4.79 Å². The lowest BCUT2D eigenvalue weighted by molar-refractivity contribution is -0.119. The molecule has 6 heteroatoms. The van der Waals surface area contributed by atoms with Gasteiger partial charge in [-0.05, 0) is 31.3 Å². The molecule has 0 radical (unpaired) electrons. The number of nitrogens with zero attached hydrogens (tertiary/aromatic N) is 2. The zero-order valence-corrected chi connectivity index (χ0v) is 14.6. The van der Waals surface area contributed by atoms with Gasteiger partial charge in [0.05, 0.1) is 23.8 Å². The number of para-hydroxylation sites is 2. The Balaban J connectivity index is 2.07. The summed E-state index contributed by atoms with van der Waals surface area (Å²) in [6, 6.07) is 15.5. The van der Waals surface area contributed by atoms with Gasteiger partial charge in [0.25, 0.3) is 0 Å². The van der Waals surface area contributed by atoms with Crippen molar-refractivity contribution < 1.29 is 9.53 Å². The van der Waals surface area contributed by atoms with Gasteiger partial charge in [0.1, 0.15) is 5.75 Å². The number of fused-ring (bicyclic) bond motifs is 1. The van der Waals surface area contributed by atoms with Crippen molar-refractivity contribution >= 4 is 22.9 Å². The van der Waals surface area contributed by atoms with Gasteiger partial charge in [0.2, 0.25) is 11.9 Å². The van der Waals surface area contributed by atoms with Crippen LogP contribution in [0.5, 0.6) is 5.75 Å². The average molecular weight is 338 g/mol. The Morgan fingerprint density at radius 3 is 2.80 bits per heavy atom. The third-order valence-corrected chi connectivity index (χ3v) is 4.07. The average Bonchev–Trinajstić information content (AvgIpc) is 2.99. The molecule has 0 spiro atoms. The Morgan fingerprint density at radius 1 is 1.24 bits per heavy atom. The molecule has 1 heterocycles. The molecule has 2 N–H and O–H groups in total. The van der Waals surface area contributed by atoms with Gasteiger partial charge < -0.3 is 10.1 Å². The van der Waals surface area contributed by atoms with E-state index in [1.807, 2.05) is 67.1 Å². The number of carbonyl (C=O) groups excluding carboxylic acids is 1. The number of amides is 1. The summed E-state index contributed by atoms with van der Waals surface area (Å²) in [5.41, 5.74) is 2.62. The number of anilines is 1. The number of benzene rings is 2. The molecule has 0 aliphatic heterocycles. The van der Waals surface area contributed by atoms with Crippen LogP contribution in [0.2, 0.25) is 0 Å². The SMILES string of the molecule is CNCC(C)C(=O)Nc1nc2ccccc2n1-c1cccc(OC)c1. The first-order chi connectivity index (χ1) is 12.1. The van der Waals surface area contributed by atoms with Crippen molar-refractivity contribution in [1.82, 2.24) is 14.9 Å². The second-order valence-electron chi connectivity index (χ2n) is 5.91. The van der Waals surface area contributed by atoms with Crippen molar-refractivity contribution in [2.45, 2.75) is 6.92 Å². The van der Waals surface area contributed by atoms with Crippen LogP contribution in [-0.4, -0.2) is 36.2 Å². The van der Waals surface area contributed by atoms with Crippen molar-refractivity contribution in [3.8, 4) is 11.4 Å². The van der Waals surface area contributed by atoms with E-state index in [1.165, 1.54) is 0 Å². The van der Waals surface area contributed by atoms with Crippen molar-refractivity contribution in [3.05, 3.63) is 48.5 Å². The molecular formula is C19H22N4O2. The maximum absolute atomic E-state index is 12.5. The lowest BCUT2D eigenvalue weighted by Gasteiger charge is -2.14. The highest BCUT2D eigenvalue weighted by Crippen LogP contribution is 2.27. The molecule has 3 aromatic rings. The van der Waals surface area contributed by atoms with E-state index < -0.39 is 0 Å². The molecule has 6 nitrogen and oxygen atoms in total. The fourth-order valence-electron chi connectivity index (χ4n) is 2.75. The van der Waals surface area contributed by atoms with Crippen molar-refractivity contribution in [3.63, 3.8) is 0 Å². The van der Waals surface area contributed by atoms with Gasteiger partial charge >= 0.3 is 0 Å². The predicted molar refractivity (Wildman–Crippen MR) is 99.3 cm³/mol. The number of nitrogens with one attached hydrogen (secondary N) is 2. The molecule has 0 saturated carbocycles. The first kappa shape index (κ1) is 17.0. The minimum Gasteiger partial charge on any atom is -0.497 e. The summed E-state index contributed by atoms with van der Waals surface area (Å²) in [6.45, 7) is 2.48. The highest BCUT2D eigenvalue weighted by molar-refractivity contribution is 5.93. The Hall–Kier alpha value is -2.86. The van der Waals surface area contributed by atoms with Gasteiger partial charge in [-0.3, -0.25) is 14.7 Å². The van der Waals surface area contributed by atoms with Gasteiger partial charge in [-0.1, -0.05) is 25.1 Å². The molecular weight excluding hydrogens is 316 g/mol. The second kappa shape index (κ2) is 7.36. The normalized spacial score (nSPS) is 12.1. The van der Waals surface area contributed by atoms with E-state index >= 15 is 0 Å². The molecule has 0 aliphatic rings. The van der Waals surface area contributed by atoms with Crippen molar-refractivity contribution in [2.24, 2.45) is 5.92 Å². The molecule has 0 fully saturated rings. The zero-order valence-electron chi connectivity index (χ0n) is 14.6. The lowest BCUT2D eigenvalue weighted by atomic mass is 10.1. The summed E-state index contributed by atoms with van der Waals surface area (Å²) in [5, 5.41) is 5.97. The highest BCUT2D eigenvalue weighted by atomic mass is 16.5. The van der Waals surface area contributed by atoms with Gasteiger partial charge in [-0.15, -0.1) is 0 Å². The Bertz CT molecular complexity index is 888. The number of carbonyl (C=O) groups is 1. The number of rotatable bonds is 6. The minimum absolute atomic E-state index is 0.0752. The fourth-order valence-corrected chi connectivity index (χ4v) is 2.75. The largest absolute Gasteiger partial charge is 0.497 e. The molecule has 1 unspecified atom stereocenters. The summed E-state index contributed by atoms with van der Waals surface area (Å²) >= 11 is 0. The summed E-state index contributed by atoms with van der Waals surface area (Å²) in [7, 11) is 3.46. The first-order valence-corrected chi connectivity index (χ1v) is 8.21. The number of methoxy groups -OCH3 is 1. The molecule has 1 atom stereocenters. The molecule has 130 valence electrons. The standard InChI is InChI=1S/C19H22N4O2/c1-13(12-20-2)18(24)22-19-21-16-9-4-5-10-17(16)23(19)14-7-6-8-15(11-14)25-3/h4-11,13,20H,12H2,1-3H3,(H,21,22,24). The van der Waals surface area contributed by atoms with E-state index in [2.05, 4.69) is 15.6 Å². The third kappa shape index (κ3) is 3.49. The van der Waals surface area contributed by atoms with Crippen LogP contribution in [0.1, 0.15) is 6.92 Å². The van der Waals surface area contributed by atoms with Gasteiger partial charge in [-0.25, -0.2) is 4.98 Å². The van der Waals surface area contributed by atoms with Crippen LogP contribution in [0, 0.1) is 5.92 Å². The van der Waals surface area contributed by atoms with Crippen LogP contribution in [0.15, 0.2) is 48.5 Å². The quantitative estimate of drug-likeness (QED) is 0.725. The van der Waals surface area contributed by atoms with E-state index in [9.17, 15) is 4.79 Å². The lowest BCUT2D eigenvalue weighted by Crippen LogP contribution is -2.29. The van der Waals surface area contributed by atoms with Crippen LogP contribution in [0.3, 0.4) is 0 Å². The highest BCUT2D eigenvalue weighted by Gasteiger charge is 2.18. The van der Waals surface area contributed by atoms with Crippen LogP contribution in [0.4, 0.5) is 5.95 Å². The fraction of sp³-hybridized carbons (Fsp3) is 0.263. The van der Waals surface area contributed by atoms with Gasteiger partial charge in [0, 0.05) is 18.5 Å². The maximum Gasteiger partial charge on any atom is 0.230 e.